The molecular formula is C10H15N3O. The number of Topliss-reactive ketones (excluding diaryl/α,β-unsaturated/α-hetero) is 1. The topological polar surface area (TPSA) is 68.0 Å². The molecule has 1 heterocycles. The monoisotopic (exact) mass is 193 g/mol. The molecule has 4 heteroatoms. The predicted octanol–water partition coefficient (Wildman–Crippen LogP) is 0.763. The minimum atomic E-state index is -0.235. The fraction of sp³-hybridized carbons (Fsp3) is 0.400. The van der Waals surface area contributed by atoms with Crippen molar-refractivity contribution in [2.24, 2.45) is 0 Å². The average molecular weight is 193 g/mol. The Balaban J connectivity index is 3.06. The number of likely N-dealkylation sites (N-methyl/N-ethyl adjacent to an activating group) is 1. The van der Waals surface area contributed by atoms with Gasteiger partial charge in [-0.05, 0) is 32.5 Å². The Hall–Kier alpha value is -1.42. The van der Waals surface area contributed by atoms with E-state index in [-0.39, 0.29) is 11.8 Å². The quantitative estimate of drug-likeness (QED) is 0.695. The molecular weight excluding hydrogens is 178 g/mol. The van der Waals surface area contributed by atoms with Crippen LogP contribution in [0.2, 0.25) is 0 Å². The van der Waals surface area contributed by atoms with Crippen LogP contribution in [0.15, 0.2) is 12.3 Å². The van der Waals surface area contributed by atoms with Crippen molar-refractivity contribution in [1.29, 1.82) is 0 Å². The highest BCUT2D eigenvalue weighted by atomic mass is 16.1. The lowest BCUT2D eigenvalue weighted by molar-refractivity contribution is 0.0955. The van der Waals surface area contributed by atoms with E-state index in [1.807, 2.05) is 6.92 Å². The first kappa shape index (κ1) is 10.7. The Morgan fingerprint density at radius 2 is 2.29 bits per heavy atom. The van der Waals surface area contributed by atoms with Crippen molar-refractivity contribution in [3.63, 3.8) is 0 Å². The highest BCUT2D eigenvalue weighted by Crippen LogP contribution is 2.12. The molecule has 0 saturated carbocycles. The van der Waals surface area contributed by atoms with Crippen LogP contribution in [0.25, 0.3) is 0 Å². The largest absolute Gasteiger partial charge is 0.383 e. The number of nitrogen functional groups attached to an aromatic ring is 1. The molecule has 1 aromatic rings. The fourth-order valence-corrected chi connectivity index (χ4v) is 1.14. The normalized spacial score (nSPS) is 12.5. The van der Waals surface area contributed by atoms with Crippen LogP contribution in [0.4, 0.5) is 5.82 Å². The molecule has 0 radical (unpaired) electrons. The van der Waals surface area contributed by atoms with Gasteiger partial charge in [-0.25, -0.2) is 4.98 Å². The smallest absolute Gasteiger partial charge is 0.183 e. The van der Waals surface area contributed by atoms with Gasteiger partial charge in [0.05, 0.1) is 11.6 Å². The Labute approximate surface area is 83.5 Å². The third kappa shape index (κ3) is 2.09. The number of nitrogens with zero attached hydrogens (tertiary/aromatic N) is 1. The Kier molecular flexibility index (Phi) is 3.19. The standard InChI is InChI=1S/C10H15N3O/c1-6-4-8(10(11)13-5-6)9(14)7(2)12-3/h4-5,7,12H,1-3H3,(H2,11,13). The van der Waals surface area contributed by atoms with E-state index >= 15 is 0 Å². The third-order valence-corrected chi connectivity index (χ3v) is 2.15. The molecule has 0 amide bonds. The van der Waals surface area contributed by atoms with Crippen LogP contribution in [0.1, 0.15) is 22.8 Å². The van der Waals surface area contributed by atoms with Crippen LogP contribution < -0.4 is 11.1 Å². The number of nitrogens with one attached hydrogen (secondary N) is 1. The highest BCUT2D eigenvalue weighted by Gasteiger charge is 2.16. The molecule has 0 aliphatic carbocycles. The molecule has 0 saturated heterocycles. The second-order valence-electron chi connectivity index (χ2n) is 3.32. The number of hydrogen-bond donors (Lipinski definition) is 2. The van der Waals surface area contributed by atoms with Crippen LogP contribution in [-0.2, 0) is 0 Å². The molecule has 0 aromatic carbocycles. The summed E-state index contributed by atoms with van der Waals surface area (Å²) < 4.78 is 0. The predicted molar refractivity (Wildman–Crippen MR) is 56.2 cm³/mol. The minimum absolute atomic E-state index is 0.0267. The summed E-state index contributed by atoms with van der Waals surface area (Å²) in [5, 5.41) is 2.88. The average Bonchev–Trinajstić information content (AvgIpc) is 2.19. The van der Waals surface area contributed by atoms with Crippen molar-refractivity contribution in [1.82, 2.24) is 10.3 Å². The van der Waals surface area contributed by atoms with E-state index in [0.29, 0.717) is 11.4 Å². The summed E-state index contributed by atoms with van der Waals surface area (Å²) in [5.74, 6) is 0.268. The van der Waals surface area contributed by atoms with Crippen molar-refractivity contribution in [2.45, 2.75) is 19.9 Å². The SMILES string of the molecule is CNC(C)C(=O)c1cc(C)cnc1N. The highest BCUT2D eigenvalue weighted by molar-refractivity contribution is 6.03. The van der Waals surface area contributed by atoms with E-state index < -0.39 is 0 Å². The van der Waals surface area contributed by atoms with Gasteiger partial charge in [0, 0.05) is 6.20 Å². The molecule has 1 aromatic heterocycles. The molecule has 4 nitrogen and oxygen atoms in total. The zero-order chi connectivity index (χ0) is 10.7. The summed E-state index contributed by atoms with van der Waals surface area (Å²) in [6.07, 6.45) is 1.65. The zero-order valence-electron chi connectivity index (χ0n) is 8.66. The number of nitrogens with two attached hydrogens (primary N) is 1. The molecule has 0 spiro atoms. The van der Waals surface area contributed by atoms with E-state index in [0.717, 1.165) is 5.56 Å². The molecule has 3 N–H and O–H groups in total. The van der Waals surface area contributed by atoms with Crippen molar-refractivity contribution in [2.75, 3.05) is 12.8 Å². The van der Waals surface area contributed by atoms with Gasteiger partial charge in [-0.1, -0.05) is 0 Å². The lowest BCUT2D eigenvalue weighted by Gasteiger charge is -2.10. The molecule has 1 unspecified atom stereocenters. The van der Waals surface area contributed by atoms with Crippen LogP contribution >= 0.6 is 0 Å². The second kappa shape index (κ2) is 4.19. The van der Waals surface area contributed by atoms with Crippen LogP contribution in [-0.4, -0.2) is 23.9 Å². The van der Waals surface area contributed by atoms with Crippen molar-refractivity contribution < 1.29 is 4.79 Å². The number of carbonyl (C=O) groups is 1. The number of anilines is 1. The maximum atomic E-state index is 11.8. The Bertz CT molecular complexity index is 349. The van der Waals surface area contributed by atoms with Crippen LogP contribution in [0, 0.1) is 6.92 Å². The first-order chi connectivity index (χ1) is 6.56. The zero-order valence-corrected chi connectivity index (χ0v) is 8.66. The number of aromatic nitrogens is 1. The van der Waals surface area contributed by atoms with E-state index in [1.165, 1.54) is 0 Å². The van der Waals surface area contributed by atoms with Gasteiger partial charge in [0.2, 0.25) is 0 Å². The van der Waals surface area contributed by atoms with Gasteiger partial charge in [0.1, 0.15) is 5.82 Å². The molecule has 1 atom stereocenters. The summed E-state index contributed by atoms with van der Waals surface area (Å²) in [6, 6.07) is 1.53. The summed E-state index contributed by atoms with van der Waals surface area (Å²) in [7, 11) is 1.74. The van der Waals surface area contributed by atoms with Crippen LogP contribution in [0.5, 0.6) is 0 Å². The molecule has 76 valence electrons. The van der Waals surface area contributed by atoms with E-state index in [9.17, 15) is 4.79 Å². The van der Waals surface area contributed by atoms with Gasteiger partial charge in [0.15, 0.2) is 5.78 Å². The van der Waals surface area contributed by atoms with E-state index in [2.05, 4.69) is 10.3 Å². The van der Waals surface area contributed by atoms with Crippen molar-refractivity contribution >= 4 is 11.6 Å². The van der Waals surface area contributed by atoms with Gasteiger partial charge in [0.25, 0.3) is 0 Å². The molecule has 1 rings (SSSR count). The summed E-state index contributed by atoms with van der Waals surface area (Å²) in [6.45, 7) is 3.68. The maximum absolute atomic E-state index is 11.8. The Morgan fingerprint density at radius 1 is 1.64 bits per heavy atom. The molecule has 14 heavy (non-hydrogen) atoms. The number of ketones is 1. The lowest BCUT2D eigenvalue weighted by Crippen LogP contribution is -2.31. The number of rotatable bonds is 3. The van der Waals surface area contributed by atoms with Gasteiger partial charge < -0.3 is 11.1 Å². The van der Waals surface area contributed by atoms with Crippen molar-refractivity contribution in [3.05, 3.63) is 23.4 Å². The number of carbonyl (C=O) groups excluding carboxylic acids is 1. The Morgan fingerprint density at radius 3 is 2.86 bits per heavy atom. The molecule has 0 aliphatic rings. The van der Waals surface area contributed by atoms with Gasteiger partial charge in [-0.15, -0.1) is 0 Å². The van der Waals surface area contributed by atoms with Gasteiger partial charge in [-0.2, -0.15) is 0 Å². The summed E-state index contributed by atoms with van der Waals surface area (Å²) in [4.78, 5) is 15.7. The lowest BCUT2D eigenvalue weighted by atomic mass is 10.1. The third-order valence-electron chi connectivity index (χ3n) is 2.15. The molecule has 0 aliphatic heterocycles. The fourth-order valence-electron chi connectivity index (χ4n) is 1.14. The van der Waals surface area contributed by atoms with E-state index in [4.69, 9.17) is 5.73 Å². The summed E-state index contributed by atoms with van der Waals surface area (Å²) in [5.41, 5.74) is 7.05. The first-order valence-corrected chi connectivity index (χ1v) is 4.50. The maximum Gasteiger partial charge on any atom is 0.183 e. The number of pyridine rings is 1. The number of hydrogen-bond acceptors (Lipinski definition) is 4. The van der Waals surface area contributed by atoms with Gasteiger partial charge >= 0.3 is 0 Å². The van der Waals surface area contributed by atoms with Gasteiger partial charge in [-0.3, -0.25) is 4.79 Å². The number of aryl methyl sites for hydroxylation is 1. The van der Waals surface area contributed by atoms with Crippen LogP contribution in [0.3, 0.4) is 0 Å². The van der Waals surface area contributed by atoms with Crippen molar-refractivity contribution in [3.8, 4) is 0 Å². The molecule has 0 fully saturated rings. The summed E-state index contributed by atoms with van der Waals surface area (Å²) >= 11 is 0. The molecule has 0 bridgehead atoms. The second-order valence-corrected chi connectivity index (χ2v) is 3.32. The van der Waals surface area contributed by atoms with E-state index in [1.54, 1.807) is 26.2 Å². The minimum Gasteiger partial charge on any atom is -0.383 e. The first-order valence-electron chi connectivity index (χ1n) is 4.50.